The fraction of sp³-hybridized carbons (Fsp3) is 0.375. The molecule has 0 saturated heterocycles. The summed E-state index contributed by atoms with van der Waals surface area (Å²) in [4.78, 5) is 23.5. The van der Waals surface area contributed by atoms with Gasteiger partial charge in [0.2, 0.25) is 5.91 Å². The minimum absolute atomic E-state index is 0.0623. The molecule has 0 saturated carbocycles. The second-order valence-electron chi connectivity index (χ2n) is 4.83. The van der Waals surface area contributed by atoms with Crippen molar-refractivity contribution in [3.63, 3.8) is 0 Å². The van der Waals surface area contributed by atoms with Gasteiger partial charge in [0.1, 0.15) is 6.04 Å². The average molecular weight is 288 g/mol. The van der Waals surface area contributed by atoms with Crippen molar-refractivity contribution in [2.24, 2.45) is 0 Å². The van der Waals surface area contributed by atoms with E-state index in [4.69, 9.17) is 4.74 Å². The first-order chi connectivity index (χ1) is 10.2. The van der Waals surface area contributed by atoms with Crippen molar-refractivity contribution in [3.8, 4) is 0 Å². The van der Waals surface area contributed by atoms with Crippen LogP contribution in [0.25, 0.3) is 10.9 Å². The number of rotatable bonds is 7. The Morgan fingerprint density at radius 3 is 2.86 bits per heavy atom. The fourth-order valence-corrected chi connectivity index (χ4v) is 2.49. The lowest BCUT2D eigenvalue weighted by Crippen LogP contribution is -2.34. The van der Waals surface area contributed by atoms with Gasteiger partial charge in [-0.2, -0.15) is 0 Å². The quantitative estimate of drug-likeness (QED) is 0.627. The van der Waals surface area contributed by atoms with Gasteiger partial charge in [0.05, 0.1) is 6.61 Å². The molecule has 21 heavy (non-hydrogen) atoms. The molecule has 0 bridgehead atoms. The van der Waals surface area contributed by atoms with Gasteiger partial charge in [-0.1, -0.05) is 25.1 Å². The van der Waals surface area contributed by atoms with Crippen LogP contribution in [0, 0.1) is 0 Å². The van der Waals surface area contributed by atoms with Crippen molar-refractivity contribution in [1.82, 2.24) is 9.88 Å². The van der Waals surface area contributed by atoms with Crippen molar-refractivity contribution >= 4 is 23.1 Å². The summed E-state index contributed by atoms with van der Waals surface area (Å²) < 4.78 is 6.81. The summed E-state index contributed by atoms with van der Waals surface area (Å²) >= 11 is 0. The Kier molecular flexibility index (Phi) is 5.11. The molecule has 1 atom stereocenters. The van der Waals surface area contributed by atoms with Crippen LogP contribution in [0.2, 0.25) is 0 Å². The standard InChI is InChI=1S/C16H20N2O3/c1-3-14(16(20)17-8-9-21-2)18-10-12(11-19)13-6-4-5-7-15(13)18/h4-7,10-11,14H,3,8-9H2,1-2H3,(H,17,20)/t14-/m1/s1. The number of aromatic nitrogens is 1. The second kappa shape index (κ2) is 7.04. The van der Waals surface area contributed by atoms with Gasteiger partial charge in [0.25, 0.3) is 0 Å². The minimum atomic E-state index is -0.333. The van der Waals surface area contributed by atoms with E-state index < -0.39 is 0 Å². The summed E-state index contributed by atoms with van der Waals surface area (Å²) in [6.07, 6.45) is 3.23. The largest absolute Gasteiger partial charge is 0.383 e. The molecule has 0 radical (unpaired) electrons. The molecule has 0 aliphatic rings. The molecule has 1 N–H and O–H groups in total. The van der Waals surface area contributed by atoms with Crippen LogP contribution in [0.1, 0.15) is 29.7 Å². The number of hydrogen-bond acceptors (Lipinski definition) is 3. The number of carbonyl (C=O) groups excluding carboxylic acids is 2. The number of aldehydes is 1. The van der Waals surface area contributed by atoms with E-state index in [1.54, 1.807) is 13.3 Å². The van der Waals surface area contributed by atoms with E-state index in [2.05, 4.69) is 5.32 Å². The normalized spacial score (nSPS) is 12.3. The van der Waals surface area contributed by atoms with Crippen LogP contribution in [0.5, 0.6) is 0 Å². The van der Waals surface area contributed by atoms with Gasteiger partial charge in [0, 0.05) is 36.3 Å². The van der Waals surface area contributed by atoms with Crippen molar-refractivity contribution in [2.45, 2.75) is 19.4 Å². The highest BCUT2D eigenvalue weighted by Gasteiger charge is 2.21. The lowest BCUT2D eigenvalue weighted by atomic mass is 10.2. The monoisotopic (exact) mass is 288 g/mol. The van der Waals surface area contributed by atoms with Crippen LogP contribution in [0.15, 0.2) is 30.5 Å². The Hall–Kier alpha value is -2.14. The van der Waals surface area contributed by atoms with E-state index >= 15 is 0 Å². The third kappa shape index (κ3) is 3.13. The van der Waals surface area contributed by atoms with Crippen molar-refractivity contribution in [1.29, 1.82) is 0 Å². The van der Waals surface area contributed by atoms with Gasteiger partial charge in [-0.05, 0) is 12.5 Å². The van der Waals surface area contributed by atoms with Gasteiger partial charge < -0.3 is 14.6 Å². The average Bonchev–Trinajstić information content (AvgIpc) is 2.87. The molecule has 0 unspecified atom stereocenters. The molecule has 1 aromatic heterocycles. The maximum absolute atomic E-state index is 12.3. The first-order valence-corrected chi connectivity index (χ1v) is 7.04. The van der Waals surface area contributed by atoms with Gasteiger partial charge in [-0.3, -0.25) is 9.59 Å². The smallest absolute Gasteiger partial charge is 0.243 e. The highest BCUT2D eigenvalue weighted by Crippen LogP contribution is 2.25. The van der Waals surface area contributed by atoms with Crippen molar-refractivity contribution in [2.75, 3.05) is 20.3 Å². The number of benzene rings is 1. The Morgan fingerprint density at radius 1 is 1.43 bits per heavy atom. The predicted octanol–water partition coefficient (Wildman–Crippen LogP) is 2.17. The van der Waals surface area contributed by atoms with Crippen LogP contribution >= 0.6 is 0 Å². The number of fused-ring (bicyclic) bond motifs is 1. The second-order valence-corrected chi connectivity index (χ2v) is 4.83. The zero-order valence-electron chi connectivity index (χ0n) is 12.3. The maximum Gasteiger partial charge on any atom is 0.243 e. The molecule has 1 amide bonds. The zero-order valence-corrected chi connectivity index (χ0v) is 12.3. The summed E-state index contributed by atoms with van der Waals surface area (Å²) in [6.45, 7) is 2.91. The number of ether oxygens (including phenoxy) is 1. The Morgan fingerprint density at radius 2 is 2.19 bits per heavy atom. The highest BCUT2D eigenvalue weighted by molar-refractivity contribution is 5.98. The summed E-state index contributed by atoms with van der Waals surface area (Å²) in [5.41, 5.74) is 1.50. The molecule has 112 valence electrons. The number of amides is 1. The summed E-state index contributed by atoms with van der Waals surface area (Å²) in [5.74, 6) is -0.0623. The zero-order chi connectivity index (χ0) is 15.2. The Balaban J connectivity index is 2.34. The summed E-state index contributed by atoms with van der Waals surface area (Å²) in [7, 11) is 1.60. The number of carbonyl (C=O) groups is 2. The van der Waals surface area contributed by atoms with E-state index in [-0.39, 0.29) is 11.9 Å². The molecular weight excluding hydrogens is 268 g/mol. The number of para-hydroxylation sites is 1. The van der Waals surface area contributed by atoms with E-state index in [9.17, 15) is 9.59 Å². The van der Waals surface area contributed by atoms with Crippen molar-refractivity contribution < 1.29 is 14.3 Å². The molecule has 1 heterocycles. The molecular formula is C16H20N2O3. The maximum atomic E-state index is 12.3. The molecule has 2 rings (SSSR count). The number of hydrogen-bond donors (Lipinski definition) is 1. The van der Waals surface area contributed by atoms with Gasteiger partial charge in [-0.15, -0.1) is 0 Å². The van der Waals surface area contributed by atoms with Gasteiger partial charge >= 0.3 is 0 Å². The SMILES string of the molecule is CC[C@H](C(=O)NCCOC)n1cc(C=O)c2ccccc21. The van der Waals surface area contributed by atoms with E-state index in [0.717, 1.165) is 17.2 Å². The molecule has 0 aliphatic heterocycles. The molecule has 5 nitrogen and oxygen atoms in total. The van der Waals surface area contributed by atoms with E-state index in [0.29, 0.717) is 25.1 Å². The van der Waals surface area contributed by atoms with Crippen LogP contribution in [-0.2, 0) is 9.53 Å². The van der Waals surface area contributed by atoms with Crippen LogP contribution in [0.3, 0.4) is 0 Å². The molecule has 0 fully saturated rings. The first kappa shape index (κ1) is 15.3. The minimum Gasteiger partial charge on any atom is -0.383 e. The number of methoxy groups -OCH3 is 1. The Labute approximate surface area is 123 Å². The lowest BCUT2D eigenvalue weighted by molar-refractivity contribution is -0.124. The van der Waals surface area contributed by atoms with Crippen molar-refractivity contribution in [3.05, 3.63) is 36.0 Å². The summed E-state index contributed by atoms with van der Waals surface area (Å²) in [6, 6.07) is 7.28. The van der Waals surface area contributed by atoms with E-state index in [1.807, 2.05) is 35.8 Å². The summed E-state index contributed by atoms with van der Waals surface area (Å²) in [5, 5.41) is 3.72. The predicted molar refractivity (Wildman–Crippen MR) is 81.5 cm³/mol. The molecule has 5 heteroatoms. The number of nitrogens with one attached hydrogen (secondary N) is 1. The van der Waals surface area contributed by atoms with Gasteiger partial charge in [0.15, 0.2) is 6.29 Å². The van der Waals surface area contributed by atoms with Crippen LogP contribution < -0.4 is 5.32 Å². The topological polar surface area (TPSA) is 60.3 Å². The van der Waals surface area contributed by atoms with E-state index in [1.165, 1.54) is 0 Å². The van der Waals surface area contributed by atoms with Gasteiger partial charge in [-0.25, -0.2) is 0 Å². The Bertz CT molecular complexity index is 633. The lowest BCUT2D eigenvalue weighted by Gasteiger charge is -2.18. The number of nitrogens with zero attached hydrogens (tertiary/aromatic N) is 1. The molecule has 1 aromatic carbocycles. The van der Waals surface area contributed by atoms with Crippen LogP contribution in [-0.4, -0.2) is 37.0 Å². The third-order valence-electron chi connectivity index (χ3n) is 3.53. The molecule has 2 aromatic rings. The molecule has 0 spiro atoms. The fourth-order valence-electron chi connectivity index (χ4n) is 2.49. The third-order valence-corrected chi connectivity index (χ3v) is 3.53. The highest BCUT2D eigenvalue weighted by atomic mass is 16.5. The molecule has 0 aliphatic carbocycles. The van der Waals surface area contributed by atoms with Crippen LogP contribution in [0.4, 0.5) is 0 Å². The first-order valence-electron chi connectivity index (χ1n) is 7.04.